The van der Waals surface area contributed by atoms with Crippen molar-refractivity contribution < 1.29 is 9.18 Å². The third-order valence-electron chi connectivity index (χ3n) is 5.32. The smallest absolute Gasteiger partial charge is 0.228 e. The Morgan fingerprint density at radius 1 is 1.18 bits per heavy atom. The van der Waals surface area contributed by atoms with Crippen molar-refractivity contribution in [3.05, 3.63) is 65.7 Å². The van der Waals surface area contributed by atoms with Crippen LogP contribution in [0.2, 0.25) is 0 Å². The molecule has 1 saturated heterocycles. The topological polar surface area (TPSA) is 58.1 Å². The summed E-state index contributed by atoms with van der Waals surface area (Å²) in [6.45, 7) is 4.33. The van der Waals surface area contributed by atoms with Gasteiger partial charge in [-0.25, -0.2) is 9.37 Å². The number of benzene rings is 1. The van der Waals surface area contributed by atoms with Gasteiger partial charge in [0.2, 0.25) is 5.91 Å². The van der Waals surface area contributed by atoms with Crippen LogP contribution in [0.5, 0.6) is 0 Å². The minimum absolute atomic E-state index is 0.0124. The molecule has 3 aromatic rings. The maximum Gasteiger partial charge on any atom is 0.228 e. The number of nitrogens with one attached hydrogen (secondary N) is 1. The summed E-state index contributed by atoms with van der Waals surface area (Å²) >= 11 is 0. The van der Waals surface area contributed by atoms with E-state index in [0.717, 1.165) is 37.1 Å². The maximum atomic E-state index is 14.0. The first kappa shape index (κ1) is 18.5. The van der Waals surface area contributed by atoms with Crippen LogP contribution >= 0.6 is 0 Å². The van der Waals surface area contributed by atoms with Crippen molar-refractivity contribution >= 4 is 22.6 Å². The van der Waals surface area contributed by atoms with Crippen molar-refractivity contribution in [1.82, 2.24) is 14.9 Å². The van der Waals surface area contributed by atoms with Gasteiger partial charge >= 0.3 is 0 Å². The number of fused-ring (bicyclic) bond motifs is 1. The molecule has 0 bridgehead atoms. The van der Waals surface area contributed by atoms with Gasteiger partial charge in [0.1, 0.15) is 11.6 Å². The summed E-state index contributed by atoms with van der Waals surface area (Å²) in [7, 11) is 0. The fraction of sp³-hybridized carbons (Fsp3) is 0.318. The van der Waals surface area contributed by atoms with Gasteiger partial charge in [-0.2, -0.15) is 0 Å². The van der Waals surface area contributed by atoms with Crippen molar-refractivity contribution in [1.29, 1.82) is 0 Å². The van der Waals surface area contributed by atoms with Crippen LogP contribution in [-0.4, -0.2) is 33.9 Å². The van der Waals surface area contributed by atoms with Crippen LogP contribution < -0.4 is 5.32 Å². The number of aromatic nitrogens is 2. The van der Waals surface area contributed by atoms with Crippen LogP contribution in [0.15, 0.2) is 48.8 Å². The molecule has 0 radical (unpaired) electrons. The second-order valence-corrected chi connectivity index (χ2v) is 7.36. The van der Waals surface area contributed by atoms with E-state index in [9.17, 15) is 9.18 Å². The lowest BCUT2D eigenvalue weighted by Gasteiger charge is -2.31. The minimum Gasteiger partial charge on any atom is -0.310 e. The Bertz CT molecular complexity index is 999. The fourth-order valence-corrected chi connectivity index (χ4v) is 3.75. The molecule has 6 heteroatoms. The van der Waals surface area contributed by atoms with Gasteiger partial charge in [0, 0.05) is 30.2 Å². The Morgan fingerprint density at radius 2 is 2.00 bits per heavy atom. The summed E-state index contributed by atoms with van der Waals surface area (Å²) in [4.78, 5) is 23.4. The van der Waals surface area contributed by atoms with Gasteiger partial charge in [-0.1, -0.05) is 6.07 Å². The van der Waals surface area contributed by atoms with Crippen LogP contribution in [0.25, 0.3) is 10.9 Å². The molecule has 0 saturated carbocycles. The lowest BCUT2D eigenvalue weighted by atomic mass is 9.95. The largest absolute Gasteiger partial charge is 0.310 e. The molecule has 3 heterocycles. The molecular weight excluding hydrogens is 355 g/mol. The van der Waals surface area contributed by atoms with Gasteiger partial charge in [-0.05, 0) is 74.3 Å². The number of aryl methyl sites for hydroxylation is 1. The van der Waals surface area contributed by atoms with Crippen molar-refractivity contribution in [2.45, 2.75) is 26.3 Å². The normalized spacial score (nSPS) is 15.6. The van der Waals surface area contributed by atoms with Crippen molar-refractivity contribution in [2.75, 3.05) is 18.4 Å². The summed E-state index contributed by atoms with van der Waals surface area (Å²) in [5.74, 6) is 0.386. The summed E-state index contributed by atoms with van der Waals surface area (Å²) in [5.41, 5.74) is 2.80. The number of carbonyl (C=O) groups is 1. The van der Waals surface area contributed by atoms with E-state index < -0.39 is 0 Å². The zero-order valence-corrected chi connectivity index (χ0v) is 15.9. The minimum atomic E-state index is -0.244. The lowest BCUT2D eigenvalue weighted by molar-refractivity contribution is -0.121. The highest BCUT2D eigenvalue weighted by Gasteiger charge is 2.25. The predicted molar refractivity (Wildman–Crippen MR) is 107 cm³/mol. The number of hydrogen-bond donors (Lipinski definition) is 1. The first-order valence-electron chi connectivity index (χ1n) is 9.58. The van der Waals surface area contributed by atoms with Crippen LogP contribution in [0, 0.1) is 18.7 Å². The van der Waals surface area contributed by atoms with E-state index in [2.05, 4.69) is 20.2 Å². The number of rotatable bonds is 4. The third-order valence-corrected chi connectivity index (χ3v) is 5.32. The van der Waals surface area contributed by atoms with E-state index in [1.807, 2.05) is 25.1 Å². The first-order valence-corrected chi connectivity index (χ1v) is 9.58. The Kier molecular flexibility index (Phi) is 5.30. The molecule has 0 aliphatic carbocycles. The predicted octanol–water partition coefficient (Wildman–Crippen LogP) is 3.93. The summed E-state index contributed by atoms with van der Waals surface area (Å²) < 4.78 is 14.0. The van der Waals surface area contributed by atoms with Crippen LogP contribution in [0.3, 0.4) is 0 Å². The number of carbonyl (C=O) groups excluding carboxylic acids is 1. The molecule has 2 aromatic heterocycles. The Labute approximate surface area is 163 Å². The number of hydrogen-bond acceptors (Lipinski definition) is 4. The van der Waals surface area contributed by atoms with Crippen molar-refractivity contribution in [2.24, 2.45) is 5.92 Å². The molecule has 5 nitrogen and oxygen atoms in total. The van der Waals surface area contributed by atoms with Crippen LogP contribution in [0.1, 0.15) is 24.0 Å². The molecular formula is C22H23FN4O. The Morgan fingerprint density at radius 3 is 2.79 bits per heavy atom. The second kappa shape index (κ2) is 8.02. The molecule has 1 N–H and O–H groups in total. The number of halogens is 1. The van der Waals surface area contributed by atoms with Crippen LogP contribution in [0.4, 0.5) is 10.2 Å². The quantitative estimate of drug-likeness (QED) is 0.747. The van der Waals surface area contributed by atoms with Gasteiger partial charge in [0.15, 0.2) is 0 Å². The van der Waals surface area contributed by atoms with Gasteiger partial charge in [-0.15, -0.1) is 0 Å². The molecule has 0 spiro atoms. The third kappa shape index (κ3) is 4.02. The molecule has 4 rings (SSSR count). The van der Waals surface area contributed by atoms with E-state index in [1.165, 1.54) is 6.07 Å². The Hall–Kier alpha value is -2.86. The first-order chi connectivity index (χ1) is 13.6. The fourth-order valence-electron chi connectivity index (χ4n) is 3.75. The Balaban J connectivity index is 1.37. The van der Waals surface area contributed by atoms with Gasteiger partial charge in [0.05, 0.1) is 5.52 Å². The number of anilines is 1. The molecule has 1 amide bonds. The summed E-state index contributed by atoms with van der Waals surface area (Å²) in [5, 5.41) is 3.48. The average Bonchev–Trinajstić information content (AvgIpc) is 2.71. The van der Waals surface area contributed by atoms with Crippen molar-refractivity contribution in [3.8, 4) is 0 Å². The molecule has 28 heavy (non-hydrogen) atoms. The number of nitrogens with zero attached hydrogens (tertiary/aromatic N) is 3. The molecule has 1 aliphatic heterocycles. The second-order valence-electron chi connectivity index (χ2n) is 7.36. The molecule has 0 atom stereocenters. The maximum absolute atomic E-state index is 14.0. The SMILES string of the molecule is Cc1ccnc(NC(=O)C2CCN(Cc3ccc(F)c4cccnc34)CC2)c1. The zero-order valence-electron chi connectivity index (χ0n) is 15.9. The highest BCUT2D eigenvalue weighted by Crippen LogP contribution is 2.24. The molecule has 1 fully saturated rings. The molecule has 1 aliphatic rings. The molecule has 1 aromatic carbocycles. The highest BCUT2D eigenvalue weighted by atomic mass is 19.1. The molecule has 0 unspecified atom stereocenters. The number of likely N-dealkylation sites (tertiary alicyclic amines) is 1. The van der Waals surface area contributed by atoms with Gasteiger partial charge in [-0.3, -0.25) is 14.7 Å². The summed E-state index contributed by atoms with van der Waals surface area (Å²) in [6.07, 6.45) is 4.99. The zero-order chi connectivity index (χ0) is 19.5. The molecule has 144 valence electrons. The summed E-state index contributed by atoms with van der Waals surface area (Å²) in [6, 6.07) is 10.6. The van der Waals surface area contributed by atoms with Gasteiger partial charge < -0.3 is 5.32 Å². The standard InChI is InChI=1S/C22H23FN4O/c1-15-6-10-24-20(13-15)26-22(28)16-7-11-27(12-8-16)14-17-4-5-19(23)18-3-2-9-25-21(17)18/h2-6,9-10,13,16H,7-8,11-12,14H2,1H3,(H,24,26,28). The number of piperidine rings is 1. The monoisotopic (exact) mass is 378 g/mol. The van der Waals surface area contributed by atoms with E-state index in [1.54, 1.807) is 24.5 Å². The van der Waals surface area contributed by atoms with E-state index in [-0.39, 0.29) is 17.6 Å². The van der Waals surface area contributed by atoms with Gasteiger partial charge in [0.25, 0.3) is 0 Å². The number of amides is 1. The average molecular weight is 378 g/mol. The highest BCUT2D eigenvalue weighted by molar-refractivity contribution is 5.91. The van der Waals surface area contributed by atoms with Crippen molar-refractivity contribution in [3.63, 3.8) is 0 Å². The lowest BCUT2D eigenvalue weighted by Crippen LogP contribution is -2.37. The van der Waals surface area contributed by atoms with E-state index in [0.29, 0.717) is 23.3 Å². The number of pyridine rings is 2. The van der Waals surface area contributed by atoms with E-state index in [4.69, 9.17) is 0 Å². The van der Waals surface area contributed by atoms with E-state index >= 15 is 0 Å². The van der Waals surface area contributed by atoms with Crippen LogP contribution in [-0.2, 0) is 11.3 Å².